The first-order valence-corrected chi connectivity index (χ1v) is 4.45. The molecule has 0 radical (unpaired) electrons. The molecule has 68 valence electrons. The Labute approximate surface area is 73.8 Å². The smallest absolute Gasteiger partial charge is 0.0534 e. The quantitative estimate of drug-likeness (QED) is 0.737. The SMILES string of the molecule is CCC(C)n1cc(CNC)cn1. The third kappa shape index (κ3) is 2.08. The van der Waals surface area contributed by atoms with Gasteiger partial charge in [-0.1, -0.05) is 6.92 Å². The highest BCUT2D eigenvalue weighted by atomic mass is 15.3. The molecule has 0 spiro atoms. The van der Waals surface area contributed by atoms with Crippen LogP contribution >= 0.6 is 0 Å². The van der Waals surface area contributed by atoms with Crippen LogP contribution in [0.4, 0.5) is 0 Å². The van der Waals surface area contributed by atoms with Crippen molar-refractivity contribution < 1.29 is 0 Å². The molecule has 0 saturated carbocycles. The summed E-state index contributed by atoms with van der Waals surface area (Å²) in [6, 6.07) is 0.510. The summed E-state index contributed by atoms with van der Waals surface area (Å²) in [7, 11) is 1.95. The predicted octanol–water partition coefficient (Wildman–Crippen LogP) is 1.57. The van der Waals surface area contributed by atoms with Crippen LogP contribution in [-0.4, -0.2) is 16.8 Å². The van der Waals surface area contributed by atoms with E-state index in [-0.39, 0.29) is 0 Å². The molecule has 0 aromatic carbocycles. The second-order valence-corrected chi connectivity index (χ2v) is 3.12. The highest BCUT2D eigenvalue weighted by molar-refractivity contribution is 5.03. The fourth-order valence-electron chi connectivity index (χ4n) is 1.10. The molecule has 3 nitrogen and oxygen atoms in total. The van der Waals surface area contributed by atoms with Crippen molar-refractivity contribution in [2.45, 2.75) is 32.9 Å². The van der Waals surface area contributed by atoms with Gasteiger partial charge >= 0.3 is 0 Å². The topological polar surface area (TPSA) is 29.9 Å². The lowest BCUT2D eigenvalue weighted by atomic mass is 10.3. The second kappa shape index (κ2) is 4.26. The molecular weight excluding hydrogens is 150 g/mol. The zero-order chi connectivity index (χ0) is 8.97. The van der Waals surface area contributed by atoms with Gasteiger partial charge in [-0.15, -0.1) is 0 Å². The fraction of sp³-hybridized carbons (Fsp3) is 0.667. The molecule has 1 unspecified atom stereocenters. The summed E-state index contributed by atoms with van der Waals surface area (Å²) in [4.78, 5) is 0. The number of nitrogens with one attached hydrogen (secondary N) is 1. The second-order valence-electron chi connectivity index (χ2n) is 3.12. The predicted molar refractivity (Wildman–Crippen MR) is 50.0 cm³/mol. The zero-order valence-electron chi connectivity index (χ0n) is 8.04. The summed E-state index contributed by atoms with van der Waals surface area (Å²) < 4.78 is 2.02. The summed E-state index contributed by atoms with van der Waals surface area (Å²) in [5.41, 5.74) is 1.25. The standard InChI is InChI=1S/C9H17N3/c1-4-8(2)12-7-9(5-10-3)6-11-12/h6-8,10H,4-5H2,1-3H3. The largest absolute Gasteiger partial charge is 0.316 e. The van der Waals surface area contributed by atoms with E-state index >= 15 is 0 Å². The Morgan fingerprint density at radius 3 is 3.00 bits per heavy atom. The first-order chi connectivity index (χ1) is 5.77. The van der Waals surface area contributed by atoms with Crippen molar-refractivity contribution in [3.8, 4) is 0 Å². The molecule has 0 saturated heterocycles. The van der Waals surface area contributed by atoms with E-state index in [1.165, 1.54) is 5.56 Å². The minimum Gasteiger partial charge on any atom is -0.316 e. The molecule has 0 bridgehead atoms. The van der Waals surface area contributed by atoms with Crippen LogP contribution in [0.1, 0.15) is 31.9 Å². The summed E-state index contributed by atoms with van der Waals surface area (Å²) in [5, 5.41) is 7.38. The van der Waals surface area contributed by atoms with E-state index in [0.29, 0.717) is 6.04 Å². The average Bonchev–Trinajstić information content (AvgIpc) is 2.52. The van der Waals surface area contributed by atoms with Crippen molar-refractivity contribution in [1.29, 1.82) is 0 Å². The first kappa shape index (κ1) is 9.26. The Hall–Kier alpha value is -0.830. The van der Waals surface area contributed by atoms with Crippen LogP contribution in [-0.2, 0) is 6.54 Å². The van der Waals surface area contributed by atoms with Crippen molar-refractivity contribution in [1.82, 2.24) is 15.1 Å². The van der Waals surface area contributed by atoms with Gasteiger partial charge in [0.15, 0.2) is 0 Å². The molecule has 1 rings (SSSR count). The molecule has 1 heterocycles. The average molecular weight is 167 g/mol. The van der Waals surface area contributed by atoms with E-state index in [4.69, 9.17) is 0 Å². The minimum atomic E-state index is 0.510. The molecule has 0 aliphatic heterocycles. The van der Waals surface area contributed by atoms with Crippen LogP contribution < -0.4 is 5.32 Å². The number of hydrogen-bond acceptors (Lipinski definition) is 2. The van der Waals surface area contributed by atoms with Gasteiger partial charge in [0.05, 0.1) is 6.20 Å². The molecule has 0 amide bonds. The molecular formula is C9H17N3. The molecule has 0 fully saturated rings. The Bertz CT molecular complexity index is 229. The Morgan fingerprint density at radius 2 is 2.42 bits per heavy atom. The van der Waals surface area contributed by atoms with Gasteiger partial charge in [0.1, 0.15) is 0 Å². The van der Waals surface area contributed by atoms with Gasteiger partial charge in [-0.05, 0) is 20.4 Å². The number of rotatable bonds is 4. The van der Waals surface area contributed by atoms with Gasteiger partial charge in [-0.25, -0.2) is 0 Å². The summed E-state index contributed by atoms with van der Waals surface area (Å²) in [6.07, 6.45) is 5.15. The minimum absolute atomic E-state index is 0.510. The maximum atomic E-state index is 4.28. The van der Waals surface area contributed by atoms with Gasteiger partial charge < -0.3 is 5.32 Å². The van der Waals surface area contributed by atoms with Gasteiger partial charge in [-0.2, -0.15) is 5.10 Å². The van der Waals surface area contributed by atoms with E-state index in [9.17, 15) is 0 Å². The highest BCUT2D eigenvalue weighted by Crippen LogP contribution is 2.09. The molecule has 1 N–H and O–H groups in total. The van der Waals surface area contributed by atoms with E-state index < -0.39 is 0 Å². The molecule has 3 heteroatoms. The Kier molecular flexibility index (Phi) is 3.29. The number of hydrogen-bond donors (Lipinski definition) is 1. The summed E-state index contributed by atoms with van der Waals surface area (Å²) in [5.74, 6) is 0. The van der Waals surface area contributed by atoms with Crippen LogP contribution in [0, 0.1) is 0 Å². The van der Waals surface area contributed by atoms with Gasteiger partial charge in [0.2, 0.25) is 0 Å². The van der Waals surface area contributed by atoms with Crippen LogP contribution in [0.2, 0.25) is 0 Å². The van der Waals surface area contributed by atoms with E-state index in [1.807, 2.05) is 17.9 Å². The molecule has 0 aliphatic carbocycles. The summed E-state index contributed by atoms with van der Waals surface area (Å²) >= 11 is 0. The van der Waals surface area contributed by atoms with Crippen molar-refractivity contribution in [2.24, 2.45) is 0 Å². The number of nitrogens with zero attached hydrogens (tertiary/aromatic N) is 2. The Balaban J connectivity index is 2.63. The third-order valence-electron chi connectivity index (χ3n) is 2.08. The van der Waals surface area contributed by atoms with Crippen molar-refractivity contribution in [3.05, 3.63) is 18.0 Å². The normalized spacial score (nSPS) is 13.2. The zero-order valence-corrected chi connectivity index (χ0v) is 8.04. The third-order valence-corrected chi connectivity index (χ3v) is 2.08. The van der Waals surface area contributed by atoms with Gasteiger partial charge in [-0.3, -0.25) is 4.68 Å². The van der Waals surface area contributed by atoms with Crippen molar-refractivity contribution >= 4 is 0 Å². The summed E-state index contributed by atoms with van der Waals surface area (Å²) in [6.45, 7) is 5.25. The lowest BCUT2D eigenvalue weighted by molar-refractivity contribution is 0.477. The molecule has 1 atom stereocenters. The van der Waals surface area contributed by atoms with E-state index in [0.717, 1.165) is 13.0 Å². The van der Waals surface area contributed by atoms with Gasteiger partial charge in [0, 0.05) is 24.3 Å². The number of aromatic nitrogens is 2. The maximum Gasteiger partial charge on any atom is 0.0534 e. The monoisotopic (exact) mass is 167 g/mol. The lowest BCUT2D eigenvalue weighted by Crippen LogP contribution is -2.05. The first-order valence-electron chi connectivity index (χ1n) is 4.45. The lowest BCUT2D eigenvalue weighted by Gasteiger charge is -2.07. The molecule has 1 aromatic heterocycles. The molecule has 0 aliphatic rings. The van der Waals surface area contributed by atoms with Crippen LogP contribution in [0.3, 0.4) is 0 Å². The van der Waals surface area contributed by atoms with Crippen LogP contribution in [0.25, 0.3) is 0 Å². The van der Waals surface area contributed by atoms with Crippen molar-refractivity contribution in [3.63, 3.8) is 0 Å². The van der Waals surface area contributed by atoms with E-state index in [2.05, 4.69) is 30.5 Å². The molecule has 12 heavy (non-hydrogen) atoms. The van der Waals surface area contributed by atoms with Crippen LogP contribution in [0.15, 0.2) is 12.4 Å². The van der Waals surface area contributed by atoms with E-state index in [1.54, 1.807) is 0 Å². The Morgan fingerprint density at radius 1 is 1.67 bits per heavy atom. The fourth-order valence-corrected chi connectivity index (χ4v) is 1.10. The molecule has 1 aromatic rings. The van der Waals surface area contributed by atoms with Crippen molar-refractivity contribution in [2.75, 3.05) is 7.05 Å². The highest BCUT2D eigenvalue weighted by Gasteiger charge is 2.02. The van der Waals surface area contributed by atoms with Gasteiger partial charge in [0.25, 0.3) is 0 Å². The maximum absolute atomic E-state index is 4.28. The van der Waals surface area contributed by atoms with Crippen LogP contribution in [0.5, 0.6) is 0 Å².